The molecule has 0 spiro atoms. The molecule has 15 heavy (non-hydrogen) atoms. The lowest BCUT2D eigenvalue weighted by atomic mass is 9.61. The van der Waals surface area contributed by atoms with E-state index >= 15 is 0 Å². The van der Waals surface area contributed by atoms with Crippen molar-refractivity contribution < 1.29 is 4.39 Å². The van der Waals surface area contributed by atoms with E-state index in [1.54, 1.807) is 12.1 Å². The van der Waals surface area contributed by atoms with Crippen LogP contribution in [-0.4, -0.2) is 0 Å². The maximum Gasteiger partial charge on any atom is 0.126 e. The fraction of sp³-hybridized carbons (Fsp3) is 0.571. The molecule has 1 aliphatic rings. The smallest absolute Gasteiger partial charge is 0.126 e. The largest absolute Gasteiger partial charge is 0.207 e. The third kappa shape index (κ3) is 2.06. The van der Waals surface area contributed by atoms with Gasteiger partial charge in [0.05, 0.1) is 0 Å². The molecule has 0 aromatic heterocycles. The number of benzene rings is 1. The van der Waals surface area contributed by atoms with E-state index in [4.69, 9.17) is 0 Å². The molecule has 0 radical (unpaired) electrons. The normalized spacial score (nSPS) is 26.1. The molecule has 2 rings (SSSR count). The summed E-state index contributed by atoms with van der Waals surface area (Å²) in [5, 5.41) is 0. The van der Waals surface area contributed by atoms with Gasteiger partial charge in [0, 0.05) is 0 Å². The minimum atomic E-state index is -0.0325. The Balaban J connectivity index is 2.04. The van der Waals surface area contributed by atoms with Crippen LogP contribution in [0.2, 0.25) is 0 Å². The highest BCUT2D eigenvalue weighted by atomic mass is 19.1. The summed E-state index contributed by atoms with van der Waals surface area (Å²) in [5.74, 6) is 1.17. The molecule has 0 heterocycles. The van der Waals surface area contributed by atoms with Crippen LogP contribution in [0.3, 0.4) is 0 Å². The van der Waals surface area contributed by atoms with Crippen LogP contribution in [0.4, 0.5) is 4.39 Å². The van der Waals surface area contributed by atoms with Gasteiger partial charge in [-0.1, -0.05) is 39.0 Å². The molecule has 0 atom stereocenters. The molecule has 1 aromatic carbocycles. The fourth-order valence-corrected chi connectivity index (χ4v) is 2.39. The second-order valence-electron chi connectivity index (χ2n) is 5.75. The topological polar surface area (TPSA) is 0 Å². The Morgan fingerprint density at radius 1 is 1.13 bits per heavy atom. The maximum atomic E-state index is 13.5. The predicted octanol–water partition coefficient (Wildman–Crippen LogP) is 4.37. The molecule has 0 unspecified atom stereocenters. The second-order valence-corrected chi connectivity index (χ2v) is 5.75. The Hall–Kier alpha value is -0.850. The molecule has 82 valence electrons. The van der Waals surface area contributed by atoms with E-state index in [0.29, 0.717) is 11.3 Å². The van der Waals surface area contributed by atoms with Crippen LogP contribution >= 0.6 is 0 Å². The number of rotatable bonds is 1. The third-order valence-electron chi connectivity index (χ3n) is 3.71. The van der Waals surface area contributed by atoms with Crippen molar-refractivity contribution >= 4 is 0 Å². The Morgan fingerprint density at radius 2 is 1.73 bits per heavy atom. The molecule has 0 amide bonds. The van der Waals surface area contributed by atoms with E-state index in [2.05, 4.69) is 20.8 Å². The molecule has 0 N–H and O–H groups in total. The zero-order valence-corrected chi connectivity index (χ0v) is 9.76. The highest BCUT2D eigenvalue weighted by Gasteiger charge is 2.38. The van der Waals surface area contributed by atoms with Crippen LogP contribution in [0.25, 0.3) is 0 Å². The van der Waals surface area contributed by atoms with Gasteiger partial charge in [0.1, 0.15) is 5.82 Å². The lowest BCUT2D eigenvalue weighted by Crippen LogP contribution is -2.32. The summed E-state index contributed by atoms with van der Waals surface area (Å²) in [5.41, 5.74) is 1.29. The first-order valence-electron chi connectivity index (χ1n) is 5.73. The summed E-state index contributed by atoms with van der Waals surface area (Å²) in [7, 11) is 0. The molecule has 0 nitrogen and oxygen atoms in total. The summed E-state index contributed by atoms with van der Waals surface area (Å²) in [4.78, 5) is 0. The van der Waals surface area contributed by atoms with E-state index in [1.807, 2.05) is 12.1 Å². The van der Waals surface area contributed by atoms with Gasteiger partial charge in [-0.05, 0) is 41.7 Å². The molecule has 0 saturated heterocycles. The van der Waals surface area contributed by atoms with E-state index in [1.165, 1.54) is 0 Å². The maximum absolute atomic E-state index is 13.5. The Bertz CT molecular complexity index is 343. The molecule has 1 aliphatic carbocycles. The summed E-state index contributed by atoms with van der Waals surface area (Å²) in [6, 6.07) is 7.19. The molecule has 1 fully saturated rings. The van der Waals surface area contributed by atoms with Gasteiger partial charge in [0.2, 0.25) is 0 Å². The van der Waals surface area contributed by atoms with E-state index in [0.717, 1.165) is 24.3 Å². The van der Waals surface area contributed by atoms with Crippen molar-refractivity contribution in [2.45, 2.75) is 39.5 Å². The van der Waals surface area contributed by atoms with E-state index in [9.17, 15) is 4.39 Å². The van der Waals surface area contributed by atoms with Gasteiger partial charge < -0.3 is 0 Å². The van der Waals surface area contributed by atoms with Crippen LogP contribution in [-0.2, 0) is 0 Å². The molecule has 0 bridgehead atoms. The second kappa shape index (κ2) is 3.62. The molecule has 0 aliphatic heterocycles. The van der Waals surface area contributed by atoms with Crippen molar-refractivity contribution in [2.75, 3.05) is 0 Å². The summed E-state index contributed by atoms with van der Waals surface area (Å²) in [6.45, 7) is 6.82. The number of halogens is 1. The highest BCUT2D eigenvalue weighted by molar-refractivity contribution is 5.24. The standard InChI is InChI=1S/C14H19F/c1-14(2,3)11-8-10(9-11)12-6-4-5-7-13(12)15/h4-7,10-11H,8-9H2,1-3H3. The van der Waals surface area contributed by atoms with E-state index < -0.39 is 0 Å². The average molecular weight is 206 g/mol. The van der Waals surface area contributed by atoms with Gasteiger partial charge in [0.25, 0.3) is 0 Å². The predicted molar refractivity (Wildman–Crippen MR) is 61.3 cm³/mol. The molecular formula is C14H19F. The van der Waals surface area contributed by atoms with Gasteiger partial charge in [-0.2, -0.15) is 0 Å². The van der Waals surface area contributed by atoms with Crippen LogP contribution < -0.4 is 0 Å². The van der Waals surface area contributed by atoms with Crippen molar-refractivity contribution in [1.82, 2.24) is 0 Å². The van der Waals surface area contributed by atoms with Crippen LogP contribution in [0.15, 0.2) is 24.3 Å². The van der Waals surface area contributed by atoms with Crippen molar-refractivity contribution in [2.24, 2.45) is 11.3 Å². The van der Waals surface area contributed by atoms with Crippen molar-refractivity contribution in [3.63, 3.8) is 0 Å². The molecule has 1 saturated carbocycles. The van der Waals surface area contributed by atoms with Gasteiger partial charge in [-0.25, -0.2) is 4.39 Å². The lowest BCUT2D eigenvalue weighted by molar-refractivity contribution is 0.113. The van der Waals surface area contributed by atoms with Gasteiger partial charge in [-0.15, -0.1) is 0 Å². The molecule has 1 aromatic rings. The van der Waals surface area contributed by atoms with Crippen LogP contribution in [0.5, 0.6) is 0 Å². The monoisotopic (exact) mass is 206 g/mol. The first kappa shape index (κ1) is 10.7. The summed E-state index contributed by atoms with van der Waals surface area (Å²) < 4.78 is 13.5. The third-order valence-corrected chi connectivity index (χ3v) is 3.71. The summed E-state index contributed by atoms with van der Waals surface area (Å²) in [6.07, 6.45) is 2.29. The minimum Gasteiger partial charge on any atom is -0.207 e. The quantitative estimate of drug-likeness (QED) is 0.640. The molecule has 1 heteroatoms. The Kier molecular flexibility index (Phi) is 2.57. The lowest BCUT2D eigenvalue weighted by Gasteiger charge is -2.44. The minimum absolute atomic E-state index is 0.0325. The van der Waals surface area contributed by atoms with Gasteiger partial charge in [-0.3, -0.25) is 0 Å². The number of hydrogen-bond acceptors (Lipinski definition) is 0. The number of hydrogen-bond donors (Lipinski definition) is 0. The SMILES string of the molecule is CC(C)(C)C1CC(c2ccccc2F)C1. The first-order valence-corrected chi connectivity index (χ1v) is 5.73. The average Bonchev–Trinajstić information content (AvgIpc) is 2.03. The Morgan fingerprint density at radius 3 is 2.27 bits per heavy atom. The first-order chi connectivity index (χ1) is 6.98. The fourth-order valence-electron chi connectivity index (χ4n) is 2.39. The molecular weight excluding hydrogens is 187 g/mol. The van der Waals surface area contributed by atoms with Crippen molar-refractivity contribution in [1.29, 1.82) is 0 Å². The van der Waals surface area contributed by atoms with E-state index in [-0.39, 0.29) is 5.82 Å². The zero-order chi connectivity index (χ0) is 11.1. The van der Waals surface area contributed by atoms with Gasteiger partial charge >= 0.3 is 0 Å². The zero-order valence-electron chi connectivity index (χ0n) is 9.76. The van der Waals surface area contributed by atoms with Crippen molar-refractivity contribution in [3.8, 4) is 0 Å². The summed E-state index contributed by atoms with van der Waals surface area (Å²) >= 11 is 0. The van der Waals surface area contributed by atoms with Crippen LogP contribution in [0, 0.1) is 17.2 Å². The van der Waals surface area contributed by atoms with Crippen LogP contribution in [0.1, 0.15) is 45.1 Å². The highest BCUT2D eigenvalue weighted by Crippen LogP contribution is 2.50. The van der Waals surface area contributed by atoms with Crippen molar-refractivity contribution in [3.05, 3.63) is 35.6 Å². The Labute approximate surface area is 91.5 Å². The van der Waals surface area contributed by atoms with Gasteiger partial charge in [0.15, 0.2) is 0 Å².